The number of benzene rings is 2. The van der Waals surface area contributed by atoms with Crippen LogP contribution in [0.15, 0.2) is 52.9 Å². The molecular weight excluding hydrogens is 466 g/mol. The molecule has 1 saturated heterocycles. The molecule has 0 bridgehead atoms. The van der Waals surface area contributed by atoms with Crippen LogP contribution < -0.4 is 8.92 Å². The van der Waals surface area contributed by atoms with E-state index in [-0.39, 0.29) is 34.3 Å². The molecule has 1 heterocycles. The summed E-state index contributed by atoms with van der Waals surface area (Å²) in [5.41, 5.74) is 0.0863. The number of nitro groups is 1. The molecular formula is C22H21N3O8S. The van der Waals surface area contributed by atoms with Gasteiger partial charge in [0.05, 0.1) is 24.7 Å². The average Bonchev–Trinajstić information content (AvgIpc) is 2.84. The molecule has 3 rings (SSSR count). The van der Waals surface area contributed by atoms with E-state index in [1.165, 1.54) is 29.2 Å². The Morgan fingerprint density at radius 1 is 1.21 bits per heavy atom. The Morgan fingerprint density at radius 2 is 1.88 bits per heavy atom. The van der Waals surface area contributed by atoms with Crippen LogP contribution in [0.1, 0.15) is 12.5 Å². The second kappa shape index (κ2) is 10.8. The van der Waals surface area contributed by atoms with Gasteiger partial charge in [0, 0.05) is 25.2 Å². The molecule has 0 spiro atoms. The first-order chi connectivity index (χ1) is 16.2. The zero-order valence-corrected chi connectivity index (χ0v) is 19.0. The molecule has 34 heavy (non-hydrogen) atoms. The fourth-order valence-corrected chi connectivity index (χ4v) is 4.04. The number of ether oxygens (including phenoxy) is 2. The molecule has 178 valence electrons. The summed E-state index contributed by atoms with van der Waals surface area (Å²) in [4.78, 5) is 24.0. The van der Waals surface area contributed by atoms with Gasteiger partial charge in [-0.3, -0.25) is 14.9 Å². The zero-order chi connectivity index (χ0) is 24.7. The maximum Gasteiger partial charge on any atom is 0.339 e. The Hall–Kier alpha value is -3.95. The van der Waals surface area contributed by atoms with Gasteiger partial charge in [0.15, 0.2) is 11.5 Å². The van der Waals surface area contributed by atoms with Crippen LogP contribution in [0.3, 0.4) is 0 Å². The van der Waals surface area contributed by atoms with Crippen LogP contribution in [0, 0.1) is 21.4 Å². The average molecular weight is 487 g/mol. The highest BCUT2D eigenvalue weighted by Crippen LogP contribution is 2.32. The monoisotopic (exact) mass is 487 g/mol. The van der Waals surface area contributed by atoms with Gasteiger partial charge in [-0.25, -0.2) is 0 Å². The molecule has 0 unspecified atom stereocenters. The van der Waals surface area contributed by atoms with Gasteiger partial charge < -0.3 is 18.6 Å². The second-order valence-electron chi connectivity index (χ2n) is 7.00. The highest BCUT2D eigenvalue weighted by Gasteiger charge is 2.22. The van der Waals surface area contributed by atoms with Crippen molar-refractivity contribution in [2.24, 2.45) is 0 Å². The first kappa shape index (κ1) is 24.7. The molecule has 0 aromatic heterocycles. The van der Waals surface area contributed by atoms with Crippen LogP contribution >= 0.6 is 0 Å². The lowest BCUT2D eigenvalue weighted by Crippen LogP contribution is -2.41. The highest BCUT2D eigenvalue weighted by atomic mass is 32.2. The molecule has 1 fully saturated rings. The largest absolute Gasteiger partial charge is 0.490 e. The number of amides is 1. The minimum absolute atomic E-state index is 0.0813. The van der Waals surface area contributed by atoms with E-state index >= 15 is 0 Å². The van der Waals surface area contributed by atoms with Gasteiger partial charge in [0.1, 0.15) is 16.5 Å². The third-order valence-electron chi connectivity index (χ3n) is 4.76. The summed E-state index contributed by atoms with van der Waals surface area (Å²) in [6, 6.07) is 10.4. The summed E-state index contributed by atoms with van der Waals surface area (Å²) >= 11 is 0. The van der Waals surface area contributed by atoms with Gasteiger partial charge in [-0.1, -0.05) is 6.07 Å². The van der Waals surface area contributed by atoms with Crippen molar-refractivity contribution < 1.29 is 31.8 Å². The molecule has 0 saturated carbocycles. The number of carbonyl (C=O) groups excluding carboxylic acids is 1. The standard InChI is InChI=1S/C22H21N3O8S/c1-2-32-21-14-16(13-17(15-23)22(26)24-9-11-31-12-10-24)3-8-20(21)33-34(29,30)19-6-4-18(5-7-19)25(27)28/h3-8,13-14H,2,9-12H2,1H3/b17-13+. The van der Waals surface area contributed by atoms with Gasteiger partial charge >= 0.3 is 10.1 Å². The number of hydrogen-bond acceptors (Lipinski definition) is 9. The first-order valence-electron chi connectivity index (χ1n) is 10.2. The summed E-state index contributed by atoms with van der Waals surface area (Å²) in [7, 11) is -4.31. The van der Waals surface area contributed by atoms with Crippen molar-refractivity contribution in [3.05, 3.63) is 63.7 Å². The van der Waals surface area contributed by atoms with Gasteiger partial charge in [-0.15, -0.1) is 0 Å². The number of carbonyl (C=O) groups is 1. The molecule has 1 aliphatic rings. The molecule has 1 amide bonds. The smallest absolute Gasteiger partial charge is 0.339 e. The molecule has 0 radical (unpaired) electrons. The van der Waals surface area contributed by atoms with Crippen molar-refractivity contribution in [1.29, 1.82) is 5.26 Å². The molecule has 2 aromatic rings. The fourth-order valence-electron chi connectivity index (χ4n) is 3.10. The maximum atomic E-state index is 12.6. The van der Waals surface area contributed by atoms with Crippen LogP contribution in [-0.4, -0.2) is 57.1 Å². The lowest BCUT2D eigenvalue weighted by molar-refractivity contribution is -0.384. The number of non-ortho nitro benzene ring substituents is 1. The Labute approximate surface area is 196 Å². The van der Waals surface area contributed by atoms with E-state index in [2.05, 4.69) is 0 Å². The Balaban J connectivity index is 1.87. The maximum absolute atomic E-state index is 12.6. The summed E-state index contributed by atoms with van der Waals surface area (Å²) < 4.78 is 41.2. The molecule has 12 heteroatoms. The zero-order valence-electron chi connectivity index (χ0n) is 18.2. The number of nitriles is 1. The second-order valence-corrected chi connectivity index (χ2v) is 8.55. The van der Waals surface area contributed by atoms with Crippen molar-refractivity contribution >= 4 is 27.8 Å². The number of hydrogen-bond donors (Lipinski definition) is 0. The molecule has 2 aromatic carbocycles. The summed E-state index contributed by atoms with van der Waals surface area (Å²) in [6.45, 7) is 3.45. The van der Waals surface area contributed by atoms with E-state index in [0.717, 1.165) is 24.3 Å². The van der Waals surface area contributed by atoms with Gasteiger partial charge in [-0.2, -0.15) is 13.7 Å². The molecule has 0 aliphatic carbocycles. The van der Waals surface area contributed by atoms with Crippen LogP contribution in [0.5, 0.6) is 11.5 Å². The quantitative estimate of drug-likeness (QED) is 0.180. The third kappa shape index (κ3) is 5.89. The minimum Gasteiger partial charge on any atom is -0.490 e. The van der Waals surface area contributed by atoms with Crippen LogP contribution in [0.25, 0.3) is 6.08 Å². The normalized spacial score (nSPS) is 14.2. The van der Waals surface area contributed by atoms with E-state index in [4.69, 9.17) is 13.7 Å². The molecule has 0 N–H and O–H groups in total. The number of nitrogens with zero attached hydrogens (tertiary/aromatic N) is 3. The number of rotatable bonds is 8. The Morgan fingerprint density at radius 3 is 2.47 bits per heavy atom. The van der Waals surface area contributed by atoms with Crippen molar-refractivity contribution in [2.45, 2.75) is 11.8 Å². The van der Waals surface area contributed by atoms with Gasteiger partial charge in [0.25, 0.3) is 11.6 Å². The summed E-state index contributed by atoms with van der Waals surface area (Å²) in [6.07, 6.45) is 1.38. The van der Waals surface area contributed by atoms with E-state index in [1.54, 1.807) is 6.92 Å². The predicted molar refractivity (Wildman–Crippen MR) is 120 cm³/mol. The minimum atomic E-state index is -4.31. The predicted octanol–water partition coefficient (Wildman–Crippen LogP) is 2.53. The van der Waals surface area contributed by atoms with Crippen LogP contribution in [-0.2, 0) is 19.6 Å². The van der Waals surface area contributed by atoms with Crippen molar-refractivity contribution in [2.75, 3.05) is 32.9 Å². The summed E-state index contributed by atoms with van der Waals surface area (Å²) in [5, 5.41) is 20.3. The highest BCUT2D eigenvalue weighted by molar-refractivity contribution is 7.87. The van der Waals surface area contributed by atoms with Crippen molar-refractivity contribution in [3.63, 3.8) is 0 Å². The van der Waals surface area contributed by atoms with E-state index in [1.807, 2.05) is 6.07 Å². The lowest BCUT2D eigenvalue weighted by atomic mass is 10.1. The fraction of sp³-hybridized carbons (Fsp3) is 0.273. The van der Waals surface area contributed by atoms with Gasteiger partial charge in [-0.05, 0) is 42.8 Å². The number of morpholine rings is 1. The topological polar surface area (TPSA) is 149 Å². The Bertz CT molecular complexity index is 1240. The lowest BCUT2D eigenvalue weighted by Gasteiger charge is -2.26. The number of nitro benzene ring substituents is 1. The molecule has 1 aliphatic heterocycles. The molecule has 11 nitrogen and oxygen atoms in total. The molecule has 0 atom stereocenters. The van der Waals surface area contributed by atoms with Crippen LogP contribution in [0.2, 0.25) is 0 Å². The van der Waals surface area contributed by atoms with E-state index in [9.17, 15) is 28.6 Å². The Kier molecular flexibility index (Phi) is 7.83. The van der Waals surface area contributed by atoms with Crippen LogP contribution in [0.4, 0.5) is 5.69 Å². The summed E-state index contributed by atoms with van der Waals surface area (Å²) in [5.74, 6) is -0.460. The van der Waals surface area contributed by atoms with E-state index < -0.39 is 20.9 Å². The van der Waals surface area contributed by atoms with Crippen molar-refractivity contribution in [1.82, 2.24) is 4.90 Å². The SMILES string of the molecule is CCOc1cc(/C=C(\C#N)C(=O)N2CCOCC2)ccc1OS(=O)(=O)c1ccc([N+](=O)[O-])cc1. The van der Waals surface area contributed by atoms with Crippen molar-refractivity contribution in [3.8, 4) is 17.6 Å². The third-order valence-corrected chi connectivity index (χ3v) is 6.01. The van der Waals surface area contributed by atoms with Gasteiger partial charge in [0.2, 0.25) is 0 Å². The first-order valence-corrected chi connectivity index (χ1v) is 11.6. The van der Waals surface area contributed by atoms with E-state index in [0.29, 0.717) is 31.9 Å².